The molecule has 0 aliphatic carbocycles. The van der Waals surface area contributed by atoms with Gasteiger partial charge in [-0.15, -0.1) is 0 Å². The Morgan fingerprint density at radius 2 is 2.10 bits per heavy atom. The van der Waals surface area contributed by atoms with Crippen LogP contribution < -0.4 is 4.72 Å². The van der Waals surface area contributed by atoms with E-state index in [2.05, 4.69) is 28.5 Å². The minimum absolute atomic E-state index is 0.207. The SMILES string of the molecule is CC1CN(CCCNS(=O)(=O)c2cccnc2)CC(C)O1. The summed E-state index contributed by atoms with van der Waals surface area (Å²) in [6.07, 6.45) is 4.16. The van der Waals surface area contributed by atoms with Crippen LogP contribution in [0.4, 0.5) is 0 Å². The molecule has 1 aliphatic rings. The van der Waals surface area contributed by atoms with Gasteiger partial charge in [0.2, 0.25) is 10.0 Å². The zero-order valence-corrected chi connectivity index (χ0v) is 13.3. The first kappa shape index (κ1) is 16.4. The van der Waals surface area contributed by atoms with Crippen molar-refractivity contribution >= 4 is 10.0 Å². The van der Waals surface area contributed by atoms with E-state index in [-0.39, 0.29) is 17.1 Å². The number of aromatic nitrogens is 1. The average molecular weight is 313 g/mol. The molecule has 1 aromatic rings. The maximum absolute atomic E-state index is 12.0. The third kappa shape index (κ3) is 5.03. The third-order valence-electron chi connectivity index (χ3n) is 3.38. The molecule has 118 valence electrons. The van der Waals surface area contributed by atoms with Gasteiger partial charge in [-0.2, -0.15) is 0 Å². The summed E-state index contributed by atoms with van der Waals surface area (Å²) in [5.74, 6) is 0. The number of rotatable bonds is 6. The molecule has 7 heteroatoms. The molecule has 0 bridgehead atoms. The van der Waals surface area contributed by atoms with Crippen molar-refractivity contribution in [1.29, 1.82) is 0 Å². The van der Waals surface area contributed by atoms with Crippen LogP contribution >= 0.6 is 0 Å². The summed E-state index contributed by atoms with van der Waals surface area (Å²) in [6.45, 7) is 7.23. The average Bonchev–Trinajstić information content (AvgIpc) is 2.44. The fourth-order valence-electron chi connectivity index (χ4n) is 2.57. The number of hydrogen-bond acceptors (Lipinski definition) is 5. The summed E-state index contributed by atoms with van der Waals surface area (Å²) < 4.78 is 32.3. The van der Waals surface area contributed by atoms with Gasteiger partial charge in [0.15, 0.2) is 0 Å². The second kappa shape index (κ2) is 7.31. The first-order chi connectivity index (χ1) is 9.97. The van der Waals surface area contributed by atoms with Gasteiger partial charge in [-0.3, -0.25) is 9.88 Å². The standard InChI is InChI=1S/C14H23N3O3S/c1-12-10-17(11-13(2)20-12)8-4-7-16-21(18,19)14-5-3-6-15-9-14/h3,5-6,9,12-13,16H,4,7-8,10-11H2,1-2H3. The van der Waals surface area contributed by atoms with Gasteiger partial charge in [-0.05, 0) is 38.9 Å². The van der Waals surface area contributed by atoms with Gasteiger partial charge in [-0.1, -0.05) is 0 Å². The van der Waals surface area contributed by atoms with Crippen LogP contribution in [-0.4, -0.2) is 56.7 Å². The number of morpholine rings is 1. The van der Waals surface area contributed by atoms with E-state index >= 15 is 0 Å². The normalized spacial score (nSPS) is 24.1. The van der Waals surface area contributed by atoms with Gasteiger partial charge in [0.25, 0.3) is 0 Å². The Kier molecular flexibility index (Phi) is 5.69. The van der Waals surface area contributed by atoms with E-state index in [0.717, 1.165) is 26.1 Å². The van der Waals surface area contributed by atoms with E-state index in [0.29, 0.717) is 6.54 Å². The van der Waals surface area contributed by atoms with Crippen molar-refractivity contribution in [2.45, 2.75) is 37.4 Å². The fraction of sp³-hybridized carbons (Fsp3) is 0.643. The lowest BCUT2D eigenvalue weighted by molar-refractivity contribution is -0.0679. The summed E-state index contributed by atoms with van der Waals surface area (Å²) in [7, 11) is -3.44. The number of nitrogens with one attached hydrogen (secondary N) is 1. The molecule has 2 rings (SSSR count). The van der Waals surface area contributed by atoms with Crippen molar-refractivity contribution in [3.63, 3.8) is 0 Å². The lowest BCUT2D eigenvalue weighted by Gasteiger charge is -2.35. The molecule has 0 radical (unpaired) electrons. The van der Waals surface area contributed by atoms with Crippen molar-refractivity contribution in [3.8, 4) is 0 Å². The molecule has 1 N–H and O–H groups in total. The van der Waals surface area contributed by atoms with E-state index in [9.17, 15) is 8.42 Å². The molecule has 21 heavy (non-hydrogen) atoms. The molecule has 0 amide bonds. The Morgan fingerprint density at radius 3 is 2.71 bits per heavy atom. The minimum Gasteiger partial charge on any atom is -0.373 e. The second-order valence-electron chi connectivity index (χ2n) is 5.46. The molecule has 2 atom stereocenters. The van der Waals surface area contributed by atoms with Crippen LogP contribution in [0.25, 0.3) is 0 Å². The minimum atomic E-state index is -3.44. The third-order valence-corrected chi connectivity index (χ3v) is 4.83. The van der Waals surface area contributed by atoms with Crippen LogP contribution in [0.5, 0.6) is 0 Å². The van der Waals surface area contributed by atoms with Crippen molar-refractivity contribution in [2.24, 2.45) is 0 Å². The van der Waals surface area contributed by atoms with Crippen LogP contribution in [0.3, 0.4) is 0 Å². The molecule has 0 saturated carbocycles. The lowest BCUT2D eigenvalue weighted by atomic mass is 10.2. The predicted molar refractivity (Wildman–Crippen MR) is 80.5 cm³/mol. The zero-order valence-electron chi connectivity index (χ0n) is 12.5. The van der Waals surface area contributed by atoms with Crippen molar-refractivity contribution < 1.29 is 13.2 Å². The van der Waals surface area contributed by atoms with Gasteiger partial charge in [-0.25, -0.2) is 13.1 Å². The number of nitrogens with zero attached hydrogens (tertiary/aromatic N) is 2. The first-order valence-electron chi connectivity index (χ1n) is 7.25. The molecule has 2 unspecified atom stereocenters. The van der Waals surface area contributed by atoms with Crippen molar-refractivity contribution in [1.82, 2.24) is 14.6 Å². The number of ether oxygens (including phenoxy) is 1. The molecule has 1 aromatic heterocycles. The predicted octanol–water partition coefficient (Wildman–Crippen LogP) is 0.859. The van der Waals surface area contributed by atoms with Crippen LogP contribution in [-0.2, 0) is 14.8 Å². The Balaban J connectivity index is 1.75. The molecule has 1 saturated heterocycles. The quantitative estimate of drug-likeness (QED) is 0.789. The van der Waals surface area contributed by atoms with E-state index in [1.807, 2.05) is 0 Å². The van der Waals surface area contributed by atoms with Gasteiger partial charge in [0, 0.05) is 32.0 Å². The Bertz CT molecular complexity index is 526. The Morgan fingerprint density at radius 1 is 1.38 bits per heavy atom. The summed E-state index contributed by atoms with van der Waals surface area (Å²) >= 11 is 0. The van der Waals surface area contributed by atoms with E-state index < -0.39 is 10.0 Å². The molecule has 2 heterocycles. The highest BCUT2D eigenvalue weighted by Gasteiger charge is 2.21. The highest BCUT2D eigenvalue weighted by molar-refractivity contribution is 7.89. The number of sulfonamides is 1. The van der Waals surface area contributed by atoms with Crippen LogP contribution in [0, 0.1) is 0 Å². The fourth-order valence-corrected chi connectivity index (χ4v) is 3.60. The topological polar surface area (TPSA) is 71.5 Å². The maximum atomic E-state index is 12.0. The molecule has 6 nitrogen and oxygen atoms in total. The monoisotopic (exact) mass is 313 g/mol. The molecular weight excluding hydrogens is 290 g/mol. The van der Waals surface area contributed by atoms with Gasteiger partial charge in [0.05, 0.1) is 12.2 Å². The lowest BCUT2D eigenvalue weighted by Crippen LogP contribution is -2.46. The van der Waals surface area contributed by atoms with Crippen LogP contribution in [0.2, 0.25) is 0 Å². The highest BCUT2D eigenvalue weighted by Crippen LogP contribution is 2.11. The van der Waals surface area contributed by atoms with Crippen LogP contribution in [0.1, 0.15) is 20.3 Å². The van der Waals surface area contributed by atoms with E-state index in [4.69, 9.17) is 4.74 Å². The summed E-state index contributed by atoms with van der Waals surface area (Å²) in [6, 6.07) is 3.16. The molecule has 0 spiro atoms. The second-order valence-corrected chi connectivity index (χ2v) is 7.22. The van der Waals surface area contributed by atoms with Gasteiger partial charge >= 0.3 is 0 Å². The number of pyridine rings is 1. The summed E-state index contributed by atoms with van der Waals surface area (Å²) in [5.41, 5.74) is 0. The Hall–Kier alpha value is -1.02. The maximum Gasteiger partial charge on any atom is 0.242 e. The Labute approximate surface area is 126 Å². The van der Waals surface area contributed by atoms with Crippen LogP contribution in [0.15, 0.2) is 29.4 Å². The zero-order chi connectivity index (χ0) is 15.3. The van der Waals surface area contributed by atoms with Crippen molar-refractivity contribution in [2.75, 3.05) is 26.2 Å². The summed E-state index contributed by atoms with van der Waals surface area (Å²) in [4.78, 5) is 6.35. The van der Waals surface area contributed by atoms with Gasteiger partial charge in [0.1, 0.15) is 4.90 Å². The van der Waals surface area contributed by atoms with Crippen molar-refractivity contribution in [3.05, 3.63) is 24.5 Å². The largest absolute Gasteiger partial charge is 0.373 e. The van der Waals surface area contributed by atoms with E-state index in [1.165, 1.54) is 6.20 Å². The smallest absolute Gasteiger partial charge is 0.242 e. The molecule has 1 aliphatic heterocycles. The van der Waals surface area contributed by atoms with Gasteiger partial charge < -0.3 is 4.74 Å². The number of hydrogen-bond donors (Lipinski definition) is 1. The van der Waals surface area contributed by atoms with E-state index in [1.54, 1.807) is 18.3 Å². The molecule has 0 aromatic carbocycles. The molecule has 1 fully saturated rings. The highest BCUT2D eigenvalue weighted by atomic mass is 32.2. The summed E-state index contributed by atoms with van der Waals surface area (Å²) in [5, 5.41) is 0. The molecular formula is C14H23N3O3S. The first-order valence-corrected chi connectivity index (χ1v) is 8.73.